The van der Waals surface area contributed by atoms with Crippen LogP contribution in [0.3, 0.4) is 0 Å². The number of hydrogen-bond acceptors (Lipinski definition) is 2. The van der Waals surface area contributed by atoms with Crippen LogP contribution < -0.4 is 10.6 Å². The van der Waals surface area contributed by atoms with E-state index in [9.17, 15) is 9.59 Å². The van der Waals surface area contributed by atoms with Crippen molar-refractivity contribution in [1.82, 2.24) is 10.6 Å². The molecule has 0 spiro atoms. The molecule has 4 heteroatoms. The Balaban J connectivity index is 2.62. The summed E-state index contributed by atoms with van der Waals surface area (Å²) in [7, 11) is 0. The lowest BCUT2D eigenvalue weighted by atomic mass is 9.95. The van der Waals surface area contributed by atoms with Crippen molar-refractivity contribution in [3.05, 3.63) is 0 Å². The highest BCUT2D eigenvalue weighted by atomic mass is 16.2. The van der Waals surface area contributed by atoms with Gasteiger partial charge in [0, 0.05) is 0 Å². The average molecular weight is 212 g/mol. The summed E-state index contributed by atoms with van der Waals surface area (Å²) in [5.41, 5.74) is 0. The normalized spacial score (nSPS) is 28.2. The fraction of sp³-hybridized carbons (Fsp3) is 0.818. The monoisotopic (exact) mass is 212 g/mol. The molecule has 4 nitrogen and oxygen atoms in total. The molecule has 1 saturated heterocycles. The fourth-order valence-electron chi connectivity index (χ4n) is 1.77. The highest BCUT2D eigenvalue weighted by Crippen LogP contribution is 2.12. The Kier molecular flexibility index (Phi) is 4.12. The van der Waals surface area contributed by atoms with Crippen LogP contribution in [0.25, 0.3) is 0 Å². The zero-order valence-corrected chi connectivity index (χ0v) is 9.67. The van der Waals surface area contributed by atoms with Crippen molar-refractivity contribution >= 4 is 11.8 Å². The second-order valence-corrected chi connectivity index (χ2v) is 4.22. The number of hydrogen-bond donors (Lipinski definition) is 2. The van der Waals surface area contributed by atoms with Crippen molar-refractivity contribution in [3.8, 4) is 0 Å². The lowest BCUT2D eigenvalue weighted by molar-refractivity contribution is -0.138. The molecule has 0 aliphatic carbocycles. The second-order valence-electron chi connectivity index (χ2n) is 4.22. The second kappa shape index (κ2) is 5.14. The van der Waals surface area contributed by atoms with E-state index < -0.39 is 0 Å². The van der Waals surface area contributed by atoms with Crippen molar-refractivity contribution in [1.29, 1.82) is 0 Å². The molecule has 15 heavy (non-hydrogen) atoms. The molecule has 1 fully saturated rings. The van der Waals surface area contributed by atoms with Gasteiger partial charge in [0.15, 0.2) is 0 Å². The standard InChI is InChI=1S/C11H20N2O2/c1-4-6-8-10(14)13-9(7(3)5-2)11(15)12-8/h7-9H,4-6H2,1-3H3,(H,12,15)(H,13,14). The Labute approximate surface area is 90.8 Å². The first-order chi connectivity index (χ1) is 7.10. The zero-order chi connectivity index (χ0) is 11.4. The number of piperazine rings is 1. The smallest absolute Gasteiger partial charge is 0.243 e. The van der Waals surface area contributed by atoms with E-state index in [1.165, 1.54) is 0 Å². The highest BCUT2D eigenvalue weighted by Gasteiger charge is 2.35. The van der Waals surface area contributed by atoms with E-state index in [-0.39, 0.29) is 29.8 Å². The van der Waals surface area contributed by atoms with E-state index in [0.29, 0.717) is 6.42 Å². The summed E-state index contributed by atoms with van der Waals surface area (Å²) in [6.07, 6.45) is 2.49. The van der Waals surface area contributed by atoms with Crippen LogP contribution >= 0.6 is 0 Å². The molecular formula is C11H20N2O2. The van der Waals surface area contributed by atoms with Crippen LogP contribution in [0.15, 0.2) is 0 Å². The summed E-state index contributed by atoms with van der Waals surface area (Å²) in [5, 5.41) is 5.58. The van der Waals surface area contributed by atoms with Gasteiger partial charge in [0.05, 0.1) is 0 Å². The third-order valence-electron chi connectivity index (χ3n) is 3.00. The van der Waals surface area contributed by atoms with Gasteiger partial charge in [-0.15, -0.1) is 0 Å². The molecule has 1 aliphatic rings. The predicted octanol–water partition coefficient (Wildman–Crippen LogP) is 0.816. The molecule has 0 aromatic carbocycles. The summed E-state index contributed by atoms with van der Waals surface area (Å²) in [4.78, 5) is 23.3. The number of rotatable bonds is 4. The Bertz CT molecular complexity index is 253. The van der Waals surface area contributed by atoms with Gasteiger partial charge in [0.25, 0.3) is 0 Å². The summed E-state index contributed by atoms with van der Waals surface area (Å²) in [6, 6.07) is -0.682. The maximum absolute atomic E-state index is 11.7. The molecule has 1 heterocycles. The third-order valence-corrected chi connectivity index (χ3v) is 3.00. The first-order valence-electron chi connectivity index (χ1n) is 5.70. The molecule has 2 N–H and O–H groups in total. The van der Waals surface area contributed by atoms with Crippen LogP contribution in [0.2, 0.25) is 0 Å². The minimum atomic E-state index is -0.351. The summed E-state index contributed by atoms with van der Waals surface area (Å²) < 4.78 is 0. The number of carbonyl (C=O) groups excluding carboxylic acids is 2. The van der Waals surface area contributed by atoms with E-state index in [4.69, 9.17) is 0 Å². The van der Waals surface area contributed by atoms with Gasteiger partial charge >= 0.3 is 0 Å². The molecule has 86 valence electrons. The molecule has 0 aromatic rings. The minimum absolute atomic E-state index is 0.0394. The van der Waals surface area contributed by atoms with Gasteiger partial charge in [-0.3, -0.25) is 9.59 Å². The first kappa shape index (κ1) is 12.0. The zero-order valence-electron chi connectivity index (χ0n) is 9.67. The van der Waals surface area contributed by atoms with Crippen molar-refractivity contribution in [2.45, 2.75) is 52.1 Å². The number of carbonyl (C=O) groups is 2. The summed E-state index contributed by atoms with van der Waals surface area (Å²) in [6.45, 7) is 5.99. The van der Waals surface area contributed by atoms with Gasteiger partial charge in [-0.1, -0.05) is 33.6 Å². The molecule has 1 rings (SSSR count). The Hall–Kier alpha value is -1.06. The number of nitrogens with one attached hydrogen (secondary N) is 2. The quantitative estimate of drug-likeness (QED) is 0.724. The van der Waals surface area contributed by atoms with Crippen molar-refractivity contribution in [3.63, 3.8) is 0 Å². The topological polar surface area (TPSA) is 58.2 Å². The average Bonchev–Trinajstić information content (AvgIpc) is 2.22. The van der Waals surface area contributed by atoms with Gasteiger partial charge in [-0.2, -0.15) is 0 Å². The molecule has 0 saturated carbocycles. The molecular weight excluding hydrogens is 192 g/mol. The molecule has 0 aromatic heterocycles. The van der Waals surface area contributed by atoms with Crippen molar-refractivity contribution in [2.24, 2.45) is 5.92 Å². The van der Waals surface area contributed by atoms with E-state index >= 15 is 0 Å². The lowest BCUT2D eigenvalue weighted by Gasteiger charge is -2.32. The van der Waals surface area contributed by atoms with Gasteiger partial charge in [0.2, 0.25) is 11.8 Å². The molecule has 1 aliphatic heterocycles. The molecule has 3 atom stereocenters. The van der Waals surface area contributed by atoms with Crippen molar-refractivity contribution in [2.75, 3.05) is 0 Å². The molecule has 2 amide bonds. The van der Waals surface area contributed by atoms with Gasteiger partial charge in [0.1, 0.15) is 12.1 Å². The Morgan fingerprint density at radius 1 is 1.20 bits per heavy atom. The summed E-state index contributed by atoms with van der Waals surface area (Å²) >= 11 is 0. The van der Waals surface area contributed by atoms with Crippen LogP contribution in [-0.2, 0) is 9.59 Å². The SMILES string of the molecule is CCCC1NC(=O)C(C(C)CC)NC1=O. The van der Waals surface area contributed by atoms with Crippen LogP contribution in [0.5, 0.6) is 0 Å². The molecule has 3 unspecified atom stereocenters. The fourth-order valence-corrected chi connectivity index (χ4v) is 1.77. The Morgan fingerprint density at radius 2 is 1.87 bits per heavy atom. The Morgan fingerprint density at radius 3 is 2.40 bits per heavy atom. The van der Waals surface area contributed by atoms with Gasteiger partial charge < -0.3 is 10.6 Å². The van der Waals surface area contributed by atoms with E-state index in [1.54, 1.807) is 0 Å². The molecule has 0 radical (unpaired) electrons. The van der Waals surface area contributed by atoms with Crippen LogP contribution in [0.4, 0.5) is 0 Å². The van der Waals surface area contributed by atoms with Crippen LogP contribution in [0.1, 0.15) is 40.0 Å². The summed E-state index contributed by atoms with van der Waals surface area (Å²) in [5.74, 6) is 0.112. The van der Waals surface area contributed by atoms with Crippen LogP contribution in [-0.4, -0.2) is 23.9 Å². The highest BCUT2D eigenvalue weighted by molar-refractivity contribution is 5.97. The third kappa shape index (κ3) is 2.70. The molecule has 0 bridgehead atoms. The van der Waals surface area contributed by atoms with Gasteiger partial charge in [-0.05, 0) is 12.3 Å². The first-order valence-corrected chi connectivity index (χ1v) is 5.70. The predicted molar refractivity (Wildman–Crippen MR) is 58.2 cm³/mol. The van der Waals surface area contributed by atoms with E-state index in [2.05, 4.69) is 10.6 Å². The van der Waals surface area contributed by atoms with E-state index in [0.717, 1.165) is 12.8 Å². The van der Waals surface area contributed by atoms with Gasteiger partial charge in [-0.25, -0.2) is 0 Å². The maximum atomic E-state index is 11.7. The largest absolute Gasteiger partial charge is 0.343 e. The minimum Gasteiger partial charge on any atom is -0.343 e. The van der Waals surface area contributed by atoms with Crippen LogP contribution in [0, 0.1) is 5.92 Å². The maximum Gasteiger partial charge on any atom is 0.243 e. The van der Waals surface area contributed by atoms with E-state index in [1.807, 2.05) is 20.8 Å². The number of amides is 2. The lowest BCUT2D eigenvalue weighted by Crippen LogP contribution is -2.63. The van der Waals surface area contributed by atoms with Crippen molar-refractivity contribution < 1.29 is 9.59 Å².